The molecule has 21 heavy (non-hydrogen) atoms. The fourth-order valence-electron chi connectivity index (χ4n) is 1.94. The van der Waals surface area contributed by atoms with Crippen molar-refractivity contribution in [3.63, 3.8) is 0 Å². The van der Waals surface area contributed by atoms with Gasteiger partial charge in [0.2, 0.25) is 0 Å². The van der Waals surface area contributed by atoms with Gasteiger partial charge in [0, 0.05) is 18.1 Å². The lowest BCUT2D eigenvalue weighted by atomic mass is 10.1. The van der Waals surface area contributed by atoms with Gasteiger partial charge in [0.15, 0.2) is 0 Å². The topological polar surface area (TPSA) is 78.6 Å². The van der Waals surface area contributed by atoms with Crippen molar-refractivity contribution in [2.45, 2.75) is 6.61 Å². The number of nitrogens with two attached hydrogens (primary N) is 1. The van der Waals surface area contributed by atoms with Crippen molar-refractivity contribution < 1.29 is 14.2 Å². The first-order chi connectivity index (χ1) is 10.3. The summed E-state index contributed by atoms with van der Waals surface area (Å²) in [6.45, 7) is 2.66. The number of nitrogens with one attached hydrogen (secondary N) is 1. The van der Waals surface area contributed by atoms with E-state index in [2.05, 4.69) is 10.4 Å². The van der Waals surface area contributed by atoms with Crippen LogP contribution in [0.4, 0.5) is 5.82 Å². The Balaban J connectivity index is 1.88. The smallest absolute Gasteiger partial charge is 0.146 e. The van der Waals surface area contributed by atoms with Crippen LogP contribution in [0.15, 0.2) is 30.3 Å². The molecule has 1 aromatic carbocycles. The quantitative estimate of drug-likeness (QED) is 0.416. The molecule has 0 aliphatic rings. The van der Waals surface area contributed by atoms with Crippen molar-refractivity contribution in [3.05, 3.63) is 35.9 Å². The van der Waals surface area contributed by atoms with Crippen molar-refractivity contribution in [2.75, 3.05) is 39.0 Å². The zero-order valence-electron chi connectivity index (χ0n) is 12.2. The minimum atomic E-state index is 0.436. The predicted molar refractivity (Wildman–Crippen MR) is 81.9 cm³/mol. The zero-order valence-corrected chi connectivity index (χ0v) is 12.2. The largest absolute Gasteiger partial charge is 0.382 e. The number of nitrogen functional groups attached to an aromatic ring is 1. The zero-order chi connectivity index (χ0) is 14.9. The fourth-order valence-corrected chi connectivity index (χ4v) is 1.94. The van der Waals surface area contributed by atoms with Gasteiger partial charge < -0.3 is 19.6 Å². The molecule has 0 aliphatic carbocycles. The minimum Gasteiger partial charge on any atom is -0.382 e. The van der Waals surface area contributed by atoms with Crippen LogP contribution >= 0.6 is 0 Å². The summed E-state index contributed by atoms with van der Waals surface area (Å²) in [5.41, 5.74) is 4.44. The van der Waals surface area contributed by atoms with Gasteiger partial charge in [-0.05, 0) is 12.1 Å². The van der Waals surface area contributed by atoms with Gasteiger partial charge in [-0.15, -0.1) is 0 Å². The van der Waals surface area contributed by atoms with Crippen LogP contribution in [0.3, 0.4) is 0 Å². The Morgan fingerprint density at radius 2 is 1.86 bits per heavy atom. The van der Waals surface area contributed by atoms with Gasteiger partial charge in [-0.3, -0.25) is 0 Å². The molecule has 3 N–H and O–H groups in total. The third kappa shape index (κ3) is 4.64. The number of hydrogen-bond acceptors (Lipinski definition) is 6. The van der Waals surface area contributed by atoms with Crippen LogP contribution in [0.25, 0.3) is 10.9 Å². The molecular formula is C15H21N3O3. The van der Waals surface area contributed by atoms with E-state index >= 15 is 0 Å². The van der Waals surface area contributed by atoms with Gasteiger partial charge in [0.25, 0.3) is 0 Å². The molecule has 6 heteroatoms. The lowest BCUT2D eigenvalue weighted by Crippen LogP contribution is -2.13. The highest BCUT2D eigenvalue weighted by Gasteiger charge is 2.06. The molecule has 2 aromatic rings. The van der Waals surface area contributed by atoms with Crippen LogP contribution < -0.4 is 11.3 Å². The third-order valence-corrected chi connectivity index (χ3v) is 3.00. The lowest BCUT2D eigenvalue weighted by Gasteiger charge is -2.11. The fraction of sp³-hybridized carbons (Fsp3) is 0.400. The van der Waals surface area contributed by atoms with Crippen LogP contribution in [0, 0.1) is 0 Å². The normalized spacial score (nSPS) is 11.0. The highest BCUT2D eigenvalue weighted by molar-refractivity contribution is 5.81. The van der Waals surface area contributed by atoms with Gasteiger partial charge in [-0.2, -0.15) is 0 Å². The molecule has 2 rings (SSSR count). The van der Waals surface area contributed by atoms with Gasteiger partial charge in [0.05, 0.1) is 38.6 Å². The Hall–Kier alpha value is -1.73. The molecule has 0 spiro atoms. The molecule has 0 amide bonds. The summed E-state index contributed by atoms with van der Waals surface area (Å²) in [4.78, 5) is 4.47. The van der Waals surface area contributed by atoms with E-state index in [1.807, 2.05) is 30.3 Å². The number of methoxy groups -OCH3 is 1. The molecule has 0 radical (unpaired) electrons. The van der Waals surface area contributed by atoms with E-state index in [0.29, 0.717) is 38.9 Å². The third-order valence-electron chi connectivity index (χ3n) is 3.00. The van der Waals surface area contributed by atoms with E-state index in [1.54, 1.807) is 7.11 Å². The van der Waals surface area contributed by atoms with E-state index in [0.717, 1.165) is 16.5 Å². The van der Waals surface area contributed by atoms with E-state index in [-0.39, 0.29) is 0 Å². The van der Waals surface area contributed by atoms with Crippen molar-refractivity contribution in [3.8, 4) is 0 Å². The maximum atomic E-state index is 5.59. The lowest BCUT2D eigenvalue weighted by molar-refractivity contribution is 0.0200. The summed E-state index contributed by atoms with van der Waals surface area (Å²) < 4.78 is 15.8. The summed E-state index contributed by atoms with van der Waals surface area (Å²) in [5.74, 6) is 6.15. The van der Waals surface area contributed by atoms with Crippen LogP contribution in [0.2, 0.25) is 0 Å². The number of hydrazine groups is 1. The molecule has 0 saturated heterocycles. The van der Waals surface area contributed by atoms with Crippen molar-refractivity contribution in [1.82, 2.24) is 4.98 Å². The second-order valence-electron chi connectivity index (χ2n) is 4.49. The standard InChI is InChI=1S/C15H21N3O3/c1-19-6-7-20-8-9-21-11-13-10-12-4-2-3-5-14(12)17-15(13)18-16/h2-5,10H,6-9,11,16H2,1H3,(H,17,18). The molecular weight excluding hydrogens is 270 g/mol. The second kappa shape index (κ2) is 8.53. The van der Waals surface area contributed by atoms with Crippen LogP contribution in [0.5, 0.6) is 0 Å². The number of hydrogen-bond donors (Lipinski definition) is 2. The number of nitrogens with zero attached hydrogens (tertiary/aromatic N) is 1. The molecule has 0 unspecified atom stereocenters. The number of fused-ring (bicyclic) bond motifs is 1. The summed E-state index contributed by atoms with van der Waals surface area (Å²) in [6, 6.07) is 9.92. The van der Waals surface area contributed by atoms with Gasteiger partial charge in [-0.25, -0.2) is 10.8 Å². The Bertz CT molecular complexity index is 563. The first kappa shape index (κ1) is 15.7. The van der Waals surface area contributed by atoms with E-state index in [4.69, 9.17) is 20.1 Å². The van der Waals surface area contributed by atoms with Crippen LogP contribution in [0.1, 0.15) is 5.56 Å². The molecule has 1 aromatic heterocycles. The summed E-state index contributed by atoms with van der Waals surface area (Å²) in [5, 5.41) is 1.06. The number of benzene rings is 1. The summed E-state index contributed by atoms with van der Waals surface area (Å²) in [6.07, 6.45) is 0. The molecule has 0 bridgehead atoms. The van der Waals surface area contributed by atoms with E-state index < -0.39 is 0 Å². The number of para-hydroxylation sites is 1. The monoisotopic (exact) mass is 291 g/mol. The molecule has 1 heterocycles. The van der Waals surface area contributed by atoms with Gasteiger partial charge in [-0.1, -0.05) is 18.2 Å². The Morgan fingerprint density at radius 3 is 2.67 bits per heavy atom. The maximum absolute atomic E-state index is 5.59. The molecule has 0 saturated carbocycles. The first-order valence-corrected chi connectivity index (χ1v) is 6.85. The van der Waals surface area contributed by atoms with Crippen LogP contribution in [-0.4, -0.2) is 38.5 Å². The number of ether oxygens (including phenoxy) is 3. The average molecular weight is 291 g/mol. The number of aromatic nitrogens is 1. The number of anilines is 1. The molecule has 0 atom stereocenters. The SMILES string of the molecule is COCCOCCOCc1cc2ccccc2nc1NN. The van der Waals surface area contributed by atoms with Crippen molar-refractivity contribution in [2.24, 2.45) is 5.84 Å². The molecule has 0 aliphatic heterocycles. The predicted octanol–water partition coefficient (Wildman–Crippen LogP) is 1.70. The molecule has 6 nitrogen and oxygen atoms in total. The summed E-state index contributed by atoms with van der Waals surface area (Å²) >= 11 is 0. The van der Waals surface area contributed by atoms with Gasteiger partial charge in [0.1, 0.15) is 5.82 Å². The second-order valence-corrected chi connectivity index (χ2v) is 4.49. The van der Waals surface area contributed by atoms with Crippen LogP contribution in [-0.2, 0) is 20.8 Å². The first-order valence-electron chi connectivity index (χ1n) is 6.85. The Labute approximate surface area is 124 Å². The van der Waals surface area contributed by atoms with Crippen molar-refractivity contribution >= 4 is 16.7 Å². The maximum Gasteiger partial charge on any atom is 0.146 e. The highest BCUT2D eigenvalue weighted by atomic mass is 16.5. The van der Waals surface area contributed by atoms with E-state index in [1.165, 1.54) is 0 Å². The Kier molecular flexibility index (Phi) is 6.36. The highest BCUT2D eigenvalue weighted by Crippen LogP contribution is 2.20. The minimum absolute atomic E-state index is 0.436. The molecule has 0 fully saturated rings. The van der Waals surface area contributed by atoms with Gasteiger partial charge >= 0.3 is 0 Å². The number of pyridine rings is 1. The Morgan fingerprint density at radius 1 is 1.10 bits per heavy atom. The number of rotatable bonds is 9. The van der Waals surface area contributed by atoms with Crippen molar-refractivity contribution in [1.29, 1.82) is 0 Å². The summed E-state index contributed by atoms with van der Waals surface area (Å²) in [7, 11) is 1.65. The van der Waals surface area contributed by atoms with E-state index in [9.17, 15) is 0 Å². The molecule has 114 valence electrons. The average Bonchev–Trinajstić information content (AvgIpc) is 2.53.